The van der Waals surface area contributed by atoms with E-state index in [1.807, 2.05) is 0 Å². The van der Waals surface area contributed by atoms with Crippen LogP contribution in [0.3, 0.4) is 0 Å². The number of hydrogen-bond donors (Lipinski definition) is 1. The summed E-state index contributed by atoms with van der Waals surface area (Å²) in [6.07, 6.45) is -3.23. The topological polar surface area (TPSA) is 38.9 Å². The molecule has 0 bridgehead atoms. The van der Waals surface area contributed by atoms with Gasteiger partial charge in [0.05, 0.1) is 0 Å². The van der Waals surface area contributed by atoms with Gasteiger partial charge in [0.15, 0.2) is 0 Å². The van der Waals surface area contributed by atoms with E-state index in [1.54, 1.807) is 0 Å². The van der Waals surface area contributed by atoms with Crippen LogP contribution < -0.4 is 5.73 Å². The summed E-state index contributed by atoms with van der Waals surface area (Å²) in [6, 6.07) is 1.40. The summed E-state index contributed by atoms with van der Waals surface area (Å²) in [7, 11) is 0. The third-order valence-corrected chi connectivity index (χ3v) is 1.64. The number of pyridine rings is 1. The zero-order chi connectivity index (χ0) is 10.1. The second kappa shape index (κ2) is 3.33. The van der Waals surface area contributed by atoms with Gasteiger partial charge in [0.25, 0.3) is 0 Å². The lowest BCUT2D eigenvalue weighted by molar-refractivity contribution is -0.141. The fraction of sp³-hybridized carbons (Fsp3) is 0.375. The van der Waals surface area contributed by atoms with Crippen molar-refractivity contribution in [1.29, 1.82) is 0 Å². The van der Waals surface area contributed by atoms with Gasteiger partial charge in [-0.05, 0) is 18.1 Å². The molecule has 1 heterocycles. The maximum atomic E-state index is 12.2. The maximum absolute atomic E-state index is 12.2. The molecule has 1 aromatic rings. The molecule has 1 rings (SSSR count). The number of rotatable bonds is 1. The Bertz CT molecular complexity index is 307. The van der Waals surface area contributed by atoms with E-state index in [4.69, 9.17) is 5.73 Å². The van der Waals surface area contributed by atoms with Crippen LogP contribution in [0.2, 0.25) is 0 Å². The van der Waals surface area contributed by atoms with Crippen molar-refractivity contribution < 1.29 is 13.2 Å². The average molecular weight is 190 g/mol. The monoisotopic (exact) mass is 190 g/mol. The molecule has 0 saturated heterocycles. The molecular formula is C8H9F3N2. The van der Waals surface area contributed by atoms with Crippen molar-refractivity contribution in [3.05, 3.63) is 29.1 Å². The summed E-state index contributed by atoms with van der Waals surface area (Å²) in [5, 5.41) is 0. The van der Waals surface area contributed by atoms with E-state index >= 15 is 0 Å². The Hall–Kier alpha value is -1.10. The minimum atomic E-state index is -4.38. The van der Waals surface area contributed by atoms with Crippen molar-refractivity contribution in [3.8, 4) is 0 Å². The lowest BCUT2D eigenvalue weighted by Crippen LogP contribution is -2.11. The maximum Gasteiger partial charge on any atom is 0.433 e. The van der Waals surface area contributed by atoms with Crippen molar-refractivity contribution in [2.45, 2.75) is 19.6 Å². The highest BCUT2D eigenvalue weighted by Crippen LogP contribution is 2.29. The normalized spacial score (nSPS) is 11.8. The van der Waals surface area contributed by atoms with E-state index in [-0.39, 0.29) is 12.1 Å². The Balaban J connectivity index is 3.13. The molecule has 0 fully saturated rings. The number of aryl methyl sites for hydroxylation is 1. The van der Waals surface area contributed by atoms with Gasteiger partial charge >= 0.3 is 6.18 Å². The zero-order valence-corrected chi connectivity index (χ0v) is 7.02. The lowest BCUT2D eigenvalue weighted by Gasteiger charge is -2.09. The van der Waals surface area contributed by atoms with Crippen LogP contribution in [0.25, 0.3) is 0 Å². The number of halogens is 3. The van der Waals surface area contributed by atoms with Gasteiger partial charge in [0, 0.05) is 12.7 Å². The molecule has 1 aromatic heterocycles. The van der Waals surface area contributed by atoms with Crippen LogP contribution in [0.5, 0.6) is 0 Å². The molecule has 2 N–H and O–H groups in total. The third-order valence-electron chi connectivity index (χ3n) is 1.64. The molecule has 0 unspecified atom stereocenters. The highest BCUT2D eigenvalue weighted by Gasteiger charge is 2.34. The molecular weight excluding hydrogens is 181 g/mol. The average Bonchev–Trinajstić information content (AvgIpc) is 2.01. The quantitative estimate of drug-likeness (QED) is 0.734. The third kappa shape index (κ3) is 2.18. The molecule has 0 radical (unpaired) electrons. The largest absolute Gasteiger partial charge is 0.433 e. The van der Waals surface area contributed by atoms with Crippen molar-refractivity contribution in [2.24, 2.45) is 5.73 Å². The Kier molecular flexibility index (Phi) is 2.56. The molecule has 5 heteroatoms. The van der Waals surface area contributed by atoms with Crippen LogP contribution in [0.1, 0.15) is 16.8 Å². The molecule has 0 amide bonds. The lowest BCUT2D eigenvalue weighted by atomic mass is 10.1. The van der Waals surface area contributed by atoms with Crippen LogP contribution in [0, 0.1) is 6.92 Å². The van der Waals surface area contributed by atoms with E-state index in [0.717, 1.165) is 6.20 Å². The minimum absolute atomic E-state index is 0.107. The van der Waals surface area contributed by atoms with Crippen LogP contribution in [-0.4, -0.2) is 4.98 Å². The Morgan fingerprint density at radius 3 is 2.46 bits per heavy atom. The van der Waals surface area contributed by atoms with Gasteiger partial charge in [-0.15, -0.1) is 0 Å². The summed E-state index contributed by atoms with van der Waals surface area (Å²) in [4.78, 5) is 3.32. The van der Waals surface area contributed by atoms with Gasteiger partial charge in [0.1, 0.15) is 5.69 Å². The van der Waals surface area contributed by atoms with Gasteiger partial charge < -0.3 is 5.73 Å². The fourth-order valence-corrected chi connectivity index (χ4v) is 1.04. The summed E-state index contributed by atoms with van der Waals surface area (Å²) in [5.41, 5.74) is 5.12. The predicted molar refractivity (Wildman–Crippen MR) is 41.9 cm³/mol. The molecule has 0 atom stereocenters. The van der Waals surface area contributed by atoms with Crippen LogP contribution in [0.15, 0.2) is 12.3 Å². The van der Waals surface area contributed by atoms with E-state index in [0.29, 0.717) is 5.56 Å². The van der Waals surface area contributed by atoms with E-state index in [2.05, 4.69) is 4.98 Å². The molecule has 0 aliphatic carbocycles. The first-order valence-corrected chi connectivity index (χ1v) is 3.68. The highest BCUT2D eigenvalue weighted by molar-refractivity contribution is 5.25. The van der Waals surface area contributed by atoms with Gasteiger partial charge in [-0.3, -0.25) is 4.98 Å². The van der Waals surface area contributed by atoms with Gasteiger partial charge in [-0.1, -0.05) is 6.07 Å². The van der Waals surface area contributed by atoms with Crippen LogP contribution >= 0.6 is 0 Å². The predicted octanol–water partition coefficient (Wildman–Crippen LogP) is 1.87. The molecule has 13 heavy (non-hydrogen) atoms. The minimum Gasteiger partial charge on any atom is -0.326 e. The number of nitrogens with two attached hydrogens (primary N) is 1. The first kappa shape index (κ1) is 9.98. The summed E-state index contributed by atoms with van der Waals surface area (Å²) in [6.45, 7) is 1.57. The molecule has 72 valence electrons. The smallest absolute Gasteiger partial charge is 0.326 e. The second-order valence-electron chi connectivity index (χ2n) is 2.71. The Morgan fingerprint density at radius 2 is 2.08 bits per heavy atom. The SMILES string of the molecule is Cc1cc(CN)cnc1C(F)(F)F. The first-order chi connectivity index (χ1) is 5.95. The number of aromatic nitrogens is 1. The highest BCUT2D eigenvalue weighted by atomic mass is 19.4. The summed E-state index contributed by atoms with van der Waals surface area (Å²) in [5.74, 6) is 0. The standard InChI is InChI=1S/C8H9F3N2/c1-5-2-6(3-12)4-13-7(5)8(9,10)11/h2,4H,3,12H2,1H3. The van der Waals surface area contributed by atoms with Crippen molar-refractivity contribution in [1.82, 2.24) is 4.98 Å². The van der Waals surface area contributed by atoms with Crippen LogP contribution in [-0.2, 0) is 12.7 Å². The summed E-state index contributed by atoms with van der Waals surface area (Å²) < 4.78 is 36.6. The Morgan fingerprint density at radius 1 is 1.46 bits per heavy atom. The van der Waals surface area contributed by atoms with Gasteiger partial charge in [0.2, 0.25) is 0 Å². The number of hydrogen-bond acceptors (Lipinski definition) is 2. The number of alkyl halides is 3. The number of nitrogens with zero attached hydrogens (tertiary/aromatic N) is 1. The second-order valence-corrected chi connectivity index (χ2v) is 2.71. The molecule has 0 aromatic carbocycles. The molecule has 2 nitrogen and oxygen atoms in total. The first-order valence-electron chi connectivity index (χ1n) is 3.68. The van der Waals surface area contributed by atoms with Crippen molar-refractivity contribution in [2.75, 3.05) is 0 Å². The zero-order valence-electron chi connectivity index (χ0n) is 7.02. The van der Waals surface area contributed by atoms with Gasteiger partial charge in [-0.25, -0.2) is 0 Å². The van der Waals surface area contributed by atoms with E-state index in [9.17, 15) is 13.2 Å². The van der Waals surface area contributed by atoms with Crippen molar-refractivity contribution >= 4 is 0 Å². The van der Waals surface area contributed by atoms with Crippen LogP contribution in [0.4, 0.5) is 13.2 Å². The Labute approximate surface area is 73.6 Å². The van der Waals surface area contributed by atoms with E-state index in [1.165, 1.54) is 13.0 Å². The van der Waals surface area contributed by atoms with Crippen molar-refractivity contribution in [3.63, 3.8) is 0 Å². The molecule has 0 saturated carbocycles. The van der Waals surface area contributed by atoms with Gasteiger partial charge in [-0.2, -0.15) is 13.2 Å². The van der Waals surface area contributed by atoms with E-state index < -0.39 is 11.9 Å². The molecule has 0 spiro atoms. The fourth-order valence-electron chi connectivity index (χ4n) is 1.04. The molecule has 0 aliphatic heterocycles. The summed E-state index contributed by atoms with van der Waals surface area (Å²) >= 11 is 0. The molecule has 0 aliphatic rings.